The Bertz CT molecular complexity index is 532. The molecule has 116 valence electrons. The van der Waals surface area contributed by atoms with Crippen LogP contribution in [0.3, 0.4) is 0 Å². The van der Waals surface area contributed by atoms with Gasteiger partial charge in [0.1, 0.15) is 0 Å². The van der Waals surface area contributed by atoms with Gasteiger partial charge in [0.05, 0.1) is 3.79 Å². The summed E-state index contributed by atoms with van der Waals surface area (Å²) in [5, 5.41) is 12.8. The zero-order valence-corrected chi connectivity index (χ0v) is 14.2. The fraction of sp³-hybridized carbons (Fsp3) is 0.462. The topological polar surface area (TPSA) is 86.7 Å². The maximum atomic E-state index is 11.8. The minimum Gasteiger partial charge on any atom is -0.481 e. The molecular weight excluding hydrogens is 360 g/mol. The number of hydrogen-bond acceptors (Lipinski definition) is 4. The first kappa shape index (κ1) is 17.6. The van der Waals surface area contributed by atoms with Gasteiger partial charge in [-0.2, -0.15) is 0 Å². The van der Waals surface area contributed by atoms with Crippen molar-refractivity contribution in [3.63, 3.8) is 0 Å². The van der Waals surface area contributed by atoms with E-state index in [1.165, 1.54) is 16.2 Å². The lowest BCUT2D eigenvalue weighted by Gasteiger charge is -2.17. The number of thiophene rings is 1. The molecule has 6 nitrogen and oxygen atoms in total. The normalized spacial score (nSPS) is 11.8. The summed E-state index contributed by atoms with van der Waals surface area (Å²) in [5.41, 5.74) is 0.969. The molecule has 1 atom stereocenters. The van der Waals surface area contributed by atoms with Crippen LogP contribution in [0.2, 0.25) is 0 Å². The van der Waals surface area contributed by atoms with Gasteiger partial charge in [0.25, 0.3) is 0 Å². The minimum atomic E-state index is -0.957. The van der Waals surface area contributed by atoms with Crippen LogP contribution < -0.4 is 5.32 Å². The number of carboxylic acid groups (broad SMARTS) is 1. The summed E-state index contributed by atoms with van der Waals surface area (Å²) >= 11 is 4.87. The Kier molecular flexibility index (Phi) is 6.83. The Hall–Kier alpha value is -1.41. The van der Waals surface area contributed by atoms with Crippen molar-refractivity contribution in [2.75, 3.05) is 7.05 Å². The molecule has 2 N–H and O–H groups in total. The van der Waals surface area contributed by atoms with Crippen LogP contribution in [-0.2, 0) is 16.1 Å². The zero-order chi connectivity index (χ0) is 16.0. The van der Waals surface area contributed by atoms with E-state index in [0.29, 0.717) is 6.54 Å². The monoisotopic (exact) mass is 376 g/mol. The van der Waals surface area contributed by atoms with Crippen LogP contribution >= 0.6 is 27.3 Å². The van der Waals surface area contributed by atoms with Gasteiger partial charge in [-0.15, -0.1) is 11.3 Å². The van der Waals surface area contributed by atoms with Crippen LogP contribution in [0, 0.1) is 5.92 Å². The summed E-state index contributed by atoms with van der Waals surface area (Å²) in [6, 6.07) is 1.41. The van der Waals surface area contributed by atoms with Crippen LogP contribution in [0.25, 0.3) is 0 Å². The smallest absolute Gasteiger partial charge is 0.324 e. The van der Waals surface area contributed by atoms with Gasteiger partial charge in [-0.1, -0.05) is 6.92 Å². The van der Waals surface area contributed by atoms with Gasteiger partial charge in [0.2, 0.25) is 5.91 Å². The Balaban J connectivity index is 2.41. The van der Waals surface area contributed by atoms with E-state index in [-0.39, 0.29) is 18.8 Å². The number of nitrogens with zero attached hydrogens (tertiary/aromatic N) is 1. The molecule has 0 bridgehead atoms. The predicted molar refractivity (Wildman–Crippen MR) is 83.1 cm³/mol. The molecule has 1 heterocycles. The van der Waals surface area contributed by atoms with Crippen LogP contribution in [0.1, 0.15) is 25.3 Å². The van der Waals surface area contributed by atoms with Gasteiger partial charge in [-0.3, -0.25) is 14.9 Å². The average Bonchev–Trinajstić information content (AvgIpc) is 2.72. The Morgan fingerprint density at radius 1 is 1.43 bits per heavy atom. The fourth-order valence-electron chi connectivity index (χ4n) is 1.73. The third-order valence-electron chi connectivity index (χ3n) is 2.69. The molecule has 21 heavy (non-hydrogen) atoms. The van der Waals surface area contributed by atoms with E-state index in [0.717, 1.165) is 9.35 Å². The summed E-state index contributed by atoms with van der Waals surface area (Å²) in [6.07, 6.45) is -0.0870. The molecule has 0 spiro atoms. The van der Waals surface area contributed by atoms with E-state index in [4.69, 9.17) is 5.11 Å². The number of carbonyl (C=O) groups excluding carboxylic acids is 2. The van der Waals surface area contributed by atoms with Crippen LogP contribution in [-0.4, -0.2) is 35.0 Å². The van der Waals surface area contributed by atoms with Crippen LogP contribution in [0.15, 0.2) is 15.2 Å². The highest BCUT2D eigenvalue weighted by molar-refractivity contribution is 9.11. The van der Waals surface area contributed by atoms with Crippen LogP contribution in [0.4, 0.5) is 4.79 Å². The van der Waals surface area contributed by atoms with Crippen molar-refractivity contribution in [2.45, 2.75) is 26.3 Å². The summed E-state index contributed by atoms with van der Waals surface area (Å²) < 4.78 is 0.977. The number of halogens is 1. The summed E-state index contributed by atoms with van der Waals surface area (Å²) in [7, 11) is 1.59. The highest BCUT2D eigenvalue weighted by Crippen LogP contribution is 2.21. The zero-order valence-electron chi connectivity index (χ0n) is 11.8. The molecular formula is C13H17BrN2O4S. The molecule has 0 saturated carbocycles. The molecule has 1 aromatic rings. The van der Waals surface area contributed by atoms with Gasteiger partial charge in [-0.05, 0) is 38.9 Å². The third-order valence-corrected chi connectivity index (χ3v) is 4.24. The average molecular weight is 377 g/mol. The maximum absolute atomic E-state index is 11.8. The highest BCUT2D eigenvalue weighted by Gasteiger charge is 2.17. The first-order valence-corrected chi connectivity index (χ1v) is 7.95. The van der Waals surface area contributed by atoms with Crippen molar-refractivity contribution in [3.05, 3.63) is 20.8 Å². The van der Waals surface area contributed by atoms with Crippen molar-refractivity contribution < 1.29 is 19.5 Å². The number of nitrogens with one attached hydrogen (secondary N) is 1. The molecule has 0 aliphatic carbocycles. The molecule has 0 radical (unpaired) electrons. The molecule has 0 saturated heterocycles. The number of rotatable bonds is 6. The Morgan fingerprint density at radius 3 is 2.62 bits per heavy atom. The first-order valence-electron chi connectivity index (χ1n) is 6.27. The number of imide groups is 1. The van der Waals surface area contributed by atoms with Gasteiger partial charge in [0, 0.05) is 26.4 Å². The largest absolute Gasteiger partial charge is 0.481 e. The molecule has 8 heteroatoms. The van der Waals surface area contributed by atoms with Crippen molar-refractivity contribution in [3.8, 4) is 0 Å². The molecule has 0 fully saturated rings. The van der Waals surface area contributed by atoms with E-state index in [2.05, 4.69) is 21.2 Å². The number of carboxylic acids is 1. The Labute approximate surface area is 135 Å². The van der Waals surface area contributed by atoms with Crippen molar-refractivity contribution in [1.82, 2.24) is 10.2 Å². The fourth-order valence-corrected chi connectivity index (χ4v) is 2.93. The SMILES string of the molecule is CC(CC(=O)O)CC(=O)NC(=O)N(C)Cc1csc(Br)c1. The Morgan fingerprint density at radius 2 is 2.10 bits per heavy atom. The van der Waals surface area contributed by atoms with Crippen molar-refractivity contribution in [2.24, 2.45) is 5.92 Å². The summed E-state index contributed by atoms with van der Waals surface area (Å²) in [6.45, 7) is 2.05. The lowest BCUT2D eigenvalue weighted by atomic mass is 10.0. The number of carbonyl (C=O) groups is 3. The summed E-state index contributed by atoms with van der Waals surface area (Å²) in [5.74, 6) is -1.73. The molecule has 3 amide bonds. The van der Waals surface area contributed by atoms with Gasteiger partial charge < -0.3 is 10.0 Å². The summed E-state index contributed by atoms with van der Waals surface area (Å²) in [4.78, 5) is 35.4. The molecule has 0 aliphatic rings. The van der Waals surface area contributed by atoms with E-state index in [9.17, 15) is 14.4 Å². The van der Waals surface area contributed by atoms with Gasteiger partial charge in [-0.25, -0.2) is 4.79 Å². The van der Waals surface area contributed by atoms with E-state index in [1.54, 1.807) is 14.0 Å². The first-order chi connectivity index (χ1) is 9.77. The second kappa shape index (κ2) is 8.14. The lowest BCUT2D eigenvalue weighted by molar-refractivity contribution is -0.138. The van der Waals surface area contributed by atoms with E-state index in [1.807, 2.05) is 11.4 Å². The predicted octanol–water partition coefficient (Wildman–Crippen LogP) is 2.68. The number of aliphatic carboxylic acids is 1. The van der Waals surface area contributed by atoms with Crippen molar-refractivity contribution in [1.29, 1.82) is 0 Å². The third kappa shape index (κ3) is 6.72. The second-order valence-corrected chi connectivity index (χ2v) is 7.17. The highest BCUT2D eigenvalue weighted by atomic mass is 79.9. The van der Waals surface area contributed by atoms with Gasteiger partial charge >= 0.3 is 12.0 Å². The lowest BCUT2D eigenvalue weighted by Crippen LogP contribution is -2.40. The number of hydrogen-bond donors (Lipinski definition) is 2. The number of urea groups is 1. The second-order valence-electron chi connectivity index (χ2n) is 4.88. The van der Waals surface area contributed by atoms with Crippen molar-refractivity contribution >= 4 is 45.2 Å². The standard InChI is InChI=1S/C13H17BrN2O4S/c1-8(4-12(18)19)3-11(17)15-13(20)16(2)6-9-5-10(14)21-7-9/h5,7-8H,3-4,6H2,1-2H3,(H,18,19)(H,15,17,20). The van der Waals surface area contributed by atoms with E-state index >= 15 is 0 Å². The number of amides is 3. The molecule has 0 aromatic carbocycles. The molecule has 1 aromatic heterocycles. The maximum Gasteiger partial charge on any atom is 0.324 e. The van der Waals surface area contributed by atoms with Gasteiger partial charge in [0.15, 0.2) is 0 Å². The minimum absolute atomic E-state index is 0.00980. The quantitative estimate of drug-likeness (QED) is 0.798. The molecule has 1 rings (SSSR count). The van der Waals surface area contributed by atoms with E-state index < -0.39 is 17.9 Å². The van der Waals surface area contributed by atoms with Crippen LogP contribution in [0.5, 0.6) is 0 Å². The molecule has 1 unspecified atom stereocenters. The molecule has 0 aliphatic heterocycles.